The fourth-order valence-electron chi connectivity index (χ4n) is 1.51. The summed E-state index contributed by atoms with van der Waals surface area (Å²) in [6.45, 7) is 5.63. The summed E-state index contributed by atoms with van der Waals surface area (Å²) in [5.74, 6) is -0.872. The van der Waals surface area contributed by atoms with Gasteiger partial charge in [0.05, 0.1) is 0 Å². The van der Waals surface area contributed by atoms with Crippen LogP contribution in [0.15, 0.2) is 12.2 Å². The lowest BCUT2D eigenvalue weighted by Crippen LogP contribution is -2.61. The Kier molecular flexibility index (Phi) is 3.47. The molecule has 4 amide bonds. The van der Waals surface area contributed by atoms with Crippen LogP contribution < -0.4 is 10.6 Å². The number of urea groups is 1. The van der Waals surface area contributed by atoms with Crippen LogP contribution in [0, 0.1) is 11.3 Å². The van der Waals surface area contributed by atoms with Crippen LogP contribution >= 0.6 is 0 Å². The van der Waals surface area contributed by atoms with Gasteiger partial charge in [-0.25, -0.2) is 4.79 Å². The lowest BCUT2D eigenvalue weighted by molar-refractivity contribution is -0.141. The molecule has 5 nitrogen and oxygen atoms in total. The van der Waals surface area contributed by atoms with E-state index in [0.717, 1.165) is 0 Å². The number of hydrogen-bond acceptors (Lipinski definition) is 3. The van der Waals surface area contributed by atoms with Crippen LogP contribution in [0.2, 0.25) is 0 Å². The van der Waals surface area contributed by atoms with Gasteiger partial charge in [-0.1, -0.05) is 32.9 Å². The van der Waals surface area contributed by atoms with Crippen LogP contribution in [0.4, 0.5) is 4.79 Å². The van der Waals surface area contributed by atoms with E-state index >= 15 is 0 Å². The Labute approximate surface area is 94.3 Å². The number of hydrogen-bond donors (Lipinski definition) is 2. The highest BCUT2D eigenvalue weighted by atomic mass is 16.2. The summed E-state index contributed by atoms with van der Waals surface area (Å²) in [6, 6.07) is -0.753. The van der Waals surface area contributed by atoms with Crippen LogP contribution in [0.25, 0.3) is 0 Å². The monoisotopic (exact) mass is 224 g/mol. The Morgan fingerprint density at radius 1 is 1.19 bits per heavy atom. The SMILES string of the molecule is CCC1(C=CC(C)C)C(=O)NC(=O)NC1=O. The van der Waals surface area contributed by atoms with Gasteiger partial charge >= 0.3 is 6.03 Å². The van der Waals surface area contributed by atoms with Crippen molar-refractivity contribution in [2.24, 2.45) is 11.3 Å². The summed E-state index contributed by atoms with van der Waals surface area (Å²) in [5.41, 5.74) is -1.25. The standard InChI is InChI=1S/C11H16N2O3/c1-4-11(6-5-7(2)3)8(14)12-10(16)13-9(11)15/h5-7H,4H2,1-3H3,(H2,12,13,14,15,16). The molecule has 0 aromatic carbocycles. The fourth-order valence-corrected chi connectivity index (χ4v) is 1.51. The lowest BCUT2D eigenvalue weighted by Gasteiger charge is -2.30. The number of rotatable bonds is 3. The number of carbonyl (C=O) groups excluding carboxylic acids is 3. The third-order valence-electron chi connectivity index (χ3n) is 2.59. The Morgan fingerprint density at radius 3 is 2.06 bits per heavy atom. The molecular weight excluding hydrogens is 208 g/mol. The molecule has 0 atom stereocenters. The van der Waals surface area contributed by atoms with E-state index in [9.17, 15) is 14.4 Å². The maximum absolute atomic E-state index is 11.7. The molecule has 1 aliphatic heterocycles. The predicted molar refractivity (Wildman–Crippen MR) is 58.4 cm³/mol. The van der Waals surface area contributed by atoms with Crippen LogP contribution in [-0.2, 0) is 9.59 Å². The minimum Gasteiger partial charge on any atom is -0.277 e. The molecule has 1 saturated heterocycles. The molecule has 88 valence electrons. The first-order valence-corrected chi connectivity index (χ1v) is 5.28. The molecular formula is C11H16N2O3. The largest absolute Gasteiger partial charge is 0.328 e. The Morgan fingerprint density at radius 2 is 1.69 bits per heavy atom. The number of allylic oxidation sites excluding steroid dienone is 1. The molecule has 0 aromatic rings. The zero-order valence-electron chi connectivity index (χ0n) is 9.66. The summed E-state index contributed by atoms with van der Waals surface area (Å²) in [7, 11) is 0. The zero-order valence-corrected chi connectivity index (χ0v) is 9.66. The number of imide groups is 2. The van der Waals surface area contributed by atoms with Crippen molar-refractivity contribution in [2.45, 2.75) is 27.2 Å². The van der Waals surface area contributed by atoms with E-state index in [1.165, 1.54) is 0 Å². The molecule has 0 radical (unpaired) electrons. The second kappa shape index (κ2) is 4.47. The molecule has 1 rings (SSSR count). The minimum atomic E-state index is -1.25. The van der Waals surface area contributed by atoms with Gasteiger partial charge in [-0.3, -0.25) is 20.2 Å². The molecule has 2 N–H and O–H groups in total. The second-order valence-corrected chi connectivity index (χ2v) is 4.17. The van der Waals surface area contributed by atoms with E-state index in [1.54, 1.807) is 19.1 Å². The zero-order chi connectivity index (χ0) is 12.3. The van der Waals surface area contributed by atoms with E-state index in [2.05, 4.69) is 10.6 Å². The Balaban J connectivity index is 3.05. The highest BCUT2D eigenvalue weighted by Crippen LogP contribution is 2.27. The summed E-state index contributed by atoms with van der Waals surface area (Å²) in [6.07, 6.45) is 3.69. The molecule has 16 heavy (non-hydrogen) atoms. The first-order chi connectivity index (χ1) is 7.42. The molecule has 1 heterocycles. The fraction of sp³-hybridized carbons (Fsp3) is 0.545. The molecule has 0 aliphatic carbocycles. The molecule has 0 bridgehead atoms. The van der Waals surface area contributed by atoms with Crippen LogP contribution in [0.3, 0.4) is 0 Å². The van der Waals surface area contributed by atoms with Gasteiger partial charge in [-0.15, -0.1) is 0 Å². The van der Waals surface area contributed by atoms with Crippen LogP contribution in [-0.4, -0.2) is 17.8 Å². The van der Waals surface area contributed by atoms with Gasteiger partial charge in [0.15, 0.2) is 0 Å². The number of amides is 4. The van der Waals surface area contributed by atoms with E-state index in [4.69, 9.17) is 0 Å². The van der Waals surface area contributed by atoms with Crippen LogP contribution in [0.5, 0.6) is 0 Å². The third kappa shape index (κ3) is 2.13. The van der Waals surface area contributed by atoms with Crippen molar-refractivity contribution >= 4 is 17.8 Å². The number of barbiturate groups is 1. The Bertz CT molecular complexity index is 338. The van der Waals surface area contributed by atoms with Crippen molar-refractivity contribution in [3.63, 3.8) is 0 Å². The van der Waals surface area contributed by atoms with Gasteiger partial charge in [0.2, 0.25) is 11.8 Å². The maximum atomic E-state index is 11.7. The van der Waals surface area contributed by atoms with Gasteiger partial charge in [-0.05, 0) is 12.3 Å². The van der Waals surface area contributed by atoms with Crippen LogP contribution in [0.1, 0.15) is 27.2 Å². The lowest BCUT2D eigenvalue weighted by atomic mass is 9.81. The van der Waals surface area contributed by atoms with E-state index in [-0.39, 0.29) is 5.92 Å². The van der Waals surface area contributed by atoms with Crippen molar-refractivity contribution in [3.8, 4) is 0 Å². The second-order valence-electron chi connectivity index (χ2n) is 4.17. The van der Waals surface area contributed by atoms with Gasteiger partial charge in [0, 0.05) is 0 Å². The first-order valence-electron chi connectivity index (χ1n) is 5.28. The highest BCUT2D eigenvalue weighted by molar-refractivity contribution is 6.20. The summed E-state index contributed by atoms with van der Waals surface area (Å²) in [5, 5.41) is 4.23. The molecule has 1 aliphatic rings. The average molecular weight is 224 g/mol. The Hall–Kier alpha value is -1.65. The number of nitrogens with one attached hydrogen (secondary N) is 2. The molecule has 1 fully saturated rings. The van der Waals surface area contributed by atoms with Crippen molar-refractivity contribution in [1.82, 2.24) is 10.6 Å². The summed E-state index contributed by atoms with van der Waals surface area (Å²) >= 11 is 0. The van der Waals surface area contributed by atoms with Crippen molar-refractivity contribution < 1.29 is 14.4 Å². The minimum absolute atomic E-state index is 0.238. The summed E-state index contributed by atoms with van der Waals surface area (Å²) in [4.78, 5) is 34.4. The van der Waals surface area contributed by atoms with Gasteiger partial charge in [0.1, 0.15) is 5.41 Å². The van der Waals surface area contributed by atoms with E-state index in [1.807, 2.05) is 13.8 Å². The van der Waals surface area contributed by atoms with Gasteiger partial charge in [-0.2, -0.15) is 0 Å². The molecule has 0 unspecified atom stereocenters. The highest BCUT2D eigenvalue weighted by Gasteiger charge is 2.46. The molecule has 5 heteroatoms. The van der Waals surface area contributed by atoms with E-state index < -0.39 is 23.3 Å². The average Bonchev–Trinajstić information content (AvgIpc) is 2.17. The van der Waals surface area contributed by atoms with Gasteiger partial charge in [0.25, 0.3) is 0 Å². The summed E-state index contributed by atoms with van der Waals surface area (Å²) < 4.78 is 0. The third-order valence-corrected chi connectivity index (χ3v) is 2.59. The molecule has 0 saturated carbocycles. The smallest absolute Gasteiger partial charge is 0.277 e. The topological polar surface area (TPSA) is 75.3 Å². The van der Waals surface area contributed by atoms with E-state index in [0.29, 0.717) is 6.42 Å². The van der Waals surface area contributed by atoms with Crippen molar-refractivity contribution in [1.29, 1.82) is 0 Å². The molecule has 0 spiro atoms. The number of carbonyl (C=O) groups is 3. The quantitative estimate of drug-likeness (QED) is 0.554. The maximum Gasteiger partial charge on any atom is 0.328 e. The normalized spacial score (nSPS) is 20.1. The van der Waals surface area contributed by atoms with Crippen molar-refractivity contribution in [2.75, 3.05) is 0 Å². The first kappa shape index (κ1) is 12.4. The predicted octanol–water partition coefficient (Wildman–Crippen LogP) is 0.961. The van der Waals surface area contributed by atoms with Gasteiger partial charge < -0.3 is 0 Å². The van der Waals surface area contributed by atoms with Crippen molar-refractivity contribution in [3.05, 3.63) is 12.2 Å². The molecule has 0 aromatic heterocycles.